The summed E-state index contributed by atoms with van der Waals surface area (Å²) in [6, 6.07) is 14.0. The Labute approximate surface area is 110 Å². The molecule has 0 spiro atoms. The average molecular weight is 253 g/mol. The van der Waals surface area contributed by atoms with Crippen LogP contribution in [0, 0.1) is 12.7 Å². The molecule has 3 aromatic rings. The first-order valence-electron chi connectivity index (χ1n) is 6.03. The third kappa shape index (κ3) is 1.74. The zero-order valence-electron chi connectivity index (χ0n) is 10.4. The number of nitrogens with zero attached hydrogens (tertiary/aromatic N) is 1. The van der Waals surface area contributed by atoms with Gasteiger partial charge in [-0.2, -0.15) is 0 Å². The Morgan fingerprint density at radius 2 is 1.74 bits per heavy atom. The van der Waals surface area contributed by atoms with Crippen LogP contribution in [-0.4, -0.2) is 10.9 Å². The number of rotatable bonds is 2. The minimum Gasteiger partial charge on any atom is -0.313 e. The van der Waals surface area contributed by atoms with Gasteiger partial charge in [0.15, 0.2) is 6.29 Å². The predicted octanol–water partition coefficient (Wildman–Crippen LogP) is 3.89. The van der Waals surface area contributed by atoms with Gasteiger partial charge in [0.1, 0.15) is 5.82 Å². The van der Waals surface area contributed by atoms with E-state index in [4.69, 9.17) is 0 Å². The summed E-state index contributed by atoms with van der Waals surface area (Å²) in [4.78, 5) is 11.3. The van der Waals surface area contributed by atoms with E-state index in [0.717, 1.165) is 28.6 Å². The largest absolute Gasteiger partial charge is 0.313 e. The van der Waals surface area contributed by atoms with Gasteiger partial charge >= 0.3 is 0 Å². The lowest BCUT2D eigenvalue weighted by Crippen LogP contribution is -1.97. The summed E-state index contributed by atoms with van der Waals surface area (Å²) in [7, 11) is 0. The maximum absolute atomic E-state index is 13.0. The van der Waals surface area contributed by atoms with Gasteiger partial charge in [-0.15, -0.1) is 0 Å². The summed E-state index contributed by atoms with van der Waals surface area (Å²) >= 11 is 0. The molecule has 0 radical (unpaired) electrons. The maximum atomic E-state index is 13.0. The third-order valence-corrected chi connectivity index (χ3v) is 3.36. The van der Waals surface area contributed by atoms with Crippen molar-refractivity contribution in [1.82, 2.24) is 4.57 Å². The van der Waals surface area contributed by atoms with E-state index in [-0.39, 0.29) is 5.82 Å². The van der Waals surface area contributed by atoms with E-state index in [9.17, 15) is 9.18 Å². The van der Waals surface area contributed by atoms with E-state index in [2.05, 4.69) is 0 Å². The van der Waals surface area contributed by atoms with Gasteiger partial charge in [0.2, 0.25) is 0 Å². The highest BCUT2D eigenvalue weighted by molar-refractivity contribution is 6.00. The highest BCUT2D eigenvalue weighted by atomic mass is 19.1. The van der Waals surface area contributed by atoms with Crippen molar-refractivity contribution in [2.45, 2.75) is 6.92 Å². The SMILES string of the molecule is Cc1c(C=O)c2ccccc2n1-c1ccc(F)cc1. The minimum atomic E-state index is -0.270. The van der Waals surface area contributed by atoms with Gasteiger partial charge in [0, 0.05) is 22.3 Å². The zero-order valence-corrected chi connectivity index (χ0v) is 10.4. The second-order valence-corrected chi connectivity index (χ2v) is 4.45. The fraction of sp³-hybridized carbons (Fsp3) is 0.0625. The second-order valence-electron chi connectivity index (χ2n) is 4.45. The molecule has 0 aliphatic rings. The van der Waals surface area contributed by atoms with Crippen LogP contribution in [0.25, 0.3) is 16.6 Å². The quantitative estimate of drug-likeness (QED) is 0.635. The van der Waals surface area contributed by atoms with Gasteiger partial charge in [0.05, 0.1) is 5.52 Å². The number of hydrogen-bond acceptors (Lipinski definition) is 1. The molecule has 2 aromatic carbocycles. The molecule has 0 N–H and O–H groups in total. The molecule has 94 valence electrons. The summed E-state index contributed by atoms with van der Waals surface area (Å²) in [5.74, 6) is -0.270. The average Bonchev–Trinajstić information content (AvgIpc) is 2.71. The fourth-order valence-corrected chi connectivity index (χ4v) is 2.46. The maximum Gasteiger partial charge on any atom is 0.152 e. The van der Waals surface area contributed by atoms with Crippen molar-refractivity contribution in [3.05, 3.63) is 65.6 Å². The molecule has 0 fully saturated rings. The Kier molecular flexibility index (Phi) is 2.67. The van der Waals surface area contributed by atoms with Crippen molar-refractivity contribution in [3.8, 4) is 5.69 Å². The van der Waals surface area contributed by atoms with E-state index in [1.54, 1.807) is 12.1 Å². The van der Waals surface area contributed by atoms with Crippen molar-refractivity contribution >= 4 is 17.2 Å². The molecular weight excluding hydrogens is 241 g/mol. The van der Waals surface area contributed by atoms with Crippen LogP contribution in [0.3, 0.4) is 0 Å². The van der Waals surface area contributed by atoms with Crippen molar-refractivity contribution in [2.24, 2.45) is 0 Å². The summed E-state index contributed by atoms with van der Waals surface area (Å²) in [5.41, 5.74) is 3.35. The number of carbonyl (C=O) groups excluding carboxylic acids is 1. The molecule has 2 nitrogen and oxygen atoms in total. The number of halogens is 1. The number of carbonyl (C=O) groups is 1. The topological polar surface area (TPSA) is 22.0 Å². The number of para-hydroxylation sites is 1. The molecule has 1 aromatic heterocycles. The summed E-state index contributed by atoms with van der Waals surface area (Å²) in [6.07, 6.45) is 0.873. The van der Waals surface area contributed by atoms with Crippen LogP contribution in [0.2, 0.25) is 0 Å². The van der Waals surface area contributed by atoms with Gasteiger partial charge in [-0.3, -0.25) is 4.79 Å². The van der Waals surface area contributed by atoms with Gasteiger partial charge in [0.25, 0.3) is 0 Å². The van der Waals surface area contributed by atoms with Gasteiger partial charge in [-0.1, -0.05) is 18.2 Å². The van der Waals surface area contributed by atoms with E-state index in [1.165, 1.54) is 12.1 Å². The normalized spacial score (nSPS) is 10.8. The van der Waals surface area contributed by atoms with Crippen LogP contribution in [0.4, 0.5) is 4.39 Å². The van der Waals surface area contributed by atoms with E-state index < -0.39 is 0 Å². The van der Waals surface area contributed by atoms with Gasteiger partial charge in [-0.05, 0) is 37.3 Å². The Hall–Kier alpha value is -2.42. The second kappa shape index (κ2) is 4.35. The number of aldehydes is 1. The lowest BCUT2D eigenvalue weighted by atomic mass is 10.1. The first-order valence-corrected chi connectivity index (χ1v) is 6.03. The summed E-state index contributed by atoms with van der Waals surface area (Å²) in [5, 5.41) is 0.916. The monoisotopic (exact) mass is 253 g/mol. The predicted molar refractivity (Wildman–Crippen MR) is 73.4 cm³/mol. The molecule has 0 amide bonds. The lowest BCUT2D eigenvalue weighted by Gasteiger charge is -2.08. The molecule has 3 heteroatoms. The number of aromatic nitrogens is 1. The highest BCUT2D eigenvalue weighted by Gasteiger charge is 2.13. The molecule has 0 saturated heterocycles. The standard InChI is InChI=1S/C16H12FNO/c1-11-15(10-19)14-4-2-3-5-16(14)18(11)13-8-6-12(17)7-9-13/h2-10H,1H3. The Balaban J connectivity index is 2.37. The molecule has 0 aliphatic carbocycles. The minimum absolute atomic E-state index is 0.270. The fourth-order valence-electron chi connectivity index (χ4n) is 2.46. The third-order valence-electron chi connectivity index (χ3n) is 3.36. The Morgan fingerprint density at radius 1 is 1.05 bits per heavy atom. The van der Waals surface area contributed by atoms with Crippen molar-refractivity contribution in [1.29, 1.82) is 0 Å². The van der Waals surface area contributed by atoms with E-state index >= 15 is 0 Å². The molecule has 0 aliphatic heterocycles. The molecular formula is C16H12FNO. The van der Waals surface area contributed by atoms with Crippen LogP contribution < -0.4 is 0 Å². The van der Waals surface area contributed by atoms with Crippen LogP contribution in [-0.2, 0) is 0 Å². The van der Waals surface area contributed by atoms with Crippen LogP contribution in [0.15, 0.2) is 48.5 Å². The van der Waals surface area contributed by atoms with Crippen LogP contribution in [0.5, 0.6) is 0 Å². The van der Waals surface area contributed by atoms with Crippen molar-refractivity contribution < 1.29 is 9.18 Å². The zero-order chi connectivity index (χ0) is 13.4. The van der Waals surface area contributed by atoms with E-state index in [0.29, 0.717) is 5.56 Å². The van der Waals surface area contributed by atoms with Crippen molar-refractivity contribution in [2.75, 3.05) is 0 Å². The first kappa shape index (κ1) is 11.7. The molecule has 0 bridgehead atoms. The first-order chi connectivity index (χ1) is 9.22. The smallest absolute Gasteiger partial charge is 0.152 e. The molecule has 0 atom stereocenters. The van der Waals surface area contributed by atoms with Crippen LogP contribution in [0.1, 0.15) is 16.1 Å². The molecule has 0 unspecified atom stereocenters. The molecule has 19 heavy (non-hydrogen) atoms. The van der Waals surface area contributed by atoms with Crippen molar-refractivity contribution in [3.63, 3.8) is 0 Å². The number of fused-ring (bicyclic) bond motifs is 1. The Morgan fingerprint density at radius 3 is 2.42 bits per heavy atom. The Bertz CT molecular complexity index is 756. The summed E-state index contributed by atoms with van der Waals surface area (Å²) < 4.78 is 15.0. The van der Waals surface area contributed by atoms with E-state index in [1.807, 2.05) is 35.8 Å². The van der Waals surface area contributed by atoms with Gasteiger partial charge < -0.3 is 4.57 Å². The number of benzene rings is 2. The molecule has 3 rings (SSSR count). The summed E-state index contributed by atoms with van der Waals surface area (Å²) in [6.45, 7) is 1.90. The molecule has 1 heterocycles. The van der Waals surface area contributed by atoms with Gasteiger partial charge in [-0.25, -0.2) is 4.39 Å². The highest BCUT2D eigenvalue weighted by Crippen LogP contribution is 2.27. The number of hydrogen-bond donors (Lipinski definition) is 0. The molecule has 0 saturated carbocycles. The lowest BCUT2D eigenvalue weighted by molar-refractivity contribution is 0.112. The van der Waals surface area contributed by atoms with Crippen LogP contribution >= 0.6 is 0 Å².